The Morgan fingerprint density at radius 1 is 1.32 bits per heavy atom. The monoisotopic (exact) mass is 468 g/mol. The van der Waals surface area contributed by atoms with Crippen molar-refractivity contribution in [3.63, 3.8) is 0 Å². The van der Waals surface area contributed by atoms with Gasteiger partial charge >= 0.3 is 7.60 Å². The lowest BCUT2D eigenvalue weighted by Gasteiger charge is -2.25. The number of methoxy groups -OCH3 is 1. The van der Waals surface area contributed by atoms with E-state index in [1.54, 1.807) is 20.1 Å². The highest BCUT2D eigenvalue weighted by Crippen LogP contribution is 2.50. The number of aliphatic imine (C=N–C) groups is 1. The lowest BCUT2D eigenvalue weighted by atomic mass is 9.51. The SMILES string of the molecule is [B][B]C1CC(OC)C(COP(C)OC2CC([B])OC2COP(=O)(O)C2C=CN=C2C)O1. The van der Waals surface area contributed by atoms with E-state index in [9.17, 15) is 9.46 Å². The van der Waals surface area contributed by atoms with Gasteiger partial charge in [-0.2, -0.15) is 0 Å². The molecule has 2 fully saturated rings. The van der Waals surface area contributed by atoms with Crippen LogP contribution in [0.2, 0.25) is 0 Å². The number of rotatable bonds is 11. The summed E-state index contributed by atoms with van der Waals surface area (Å²) in [6.45, 7) is 3.67. The molecule has 0 aromatic carbocycles. The average Bonchev–Trinajstić information content (AvgIpc) is 3.43. The van der Waals surface area contributed by atoms with Gasteiger partial charge in [-0.15, -0.1) is 0 Å². The summed E-state index contributed by atoms with van der Waals surface area (Å²) in [5.41, 5.74) is -0.213. The van der Waals surface area contributed by atoms with E-state index in [1.165, 1.54) is 13.4 Å². The number of allylic oxidation sites excluding steroid dienone is 1. The third kappa shape index (κ3) is 6.75. The number of hydrogen-bond acceptors (Lipinski definition) is 8. The summed E-state index contributed by atoms with van der Waals surface area (Å²) in [4.78, 5) is 14.3. The fourth-order valence-electron chi connectivity index (χ4n) is 3.74. The molecule has 5 radical (unpaired) electrons. The zero-order valence-electron chi connectivity index (χ0n) is 17.9. The van der Waals surface area contributed by atoms with Gasteiger partial charge in [0.1, 0.15) is 25.7 Å². The lowest BCUT2D eigenvalue weighted by Crippen LogP contribution is -2.30. The van der Waals surface area contributed by atoms with Gasteiger partial charge < -0.3 is 32.7 Å². The second-order valence-corrected chi connectivity index (χ2v) is 11.0. The smallest absolute Gasteiger partial charge is 0.340 e. The van der Waals surface area contributed by atoms with Crippen LogP contribution >= 0.6 is 16.0 Å². The maximum Gasteiger partial charge on any atom is 0.340 e. The van der Waals surface area contributed by atoms with E-state index in [2.05, 4.69) is 4.99 Å². The second kappa shape index (κ2) is 11.4. The highest BCUT2D eigenvalue weighted by Gasteiger charge is 2.40. The molecule has 3 aliphatic rings. The summed E-state index contributed by atoms with van der Waals surface area (Å²) in [6.07, 6.45) is 2.80. The van der Waals surface area contributed by atoms with Gasteiger partial charge in [0.15, 0.2) is 8.38 Å². The Bertz CT molecular complexity index is 717. The van der Waals surface area contributed by atoms with E-state index in [0.717, 1.165) is 0 Å². The first-order valence-electron chi connectivity index (χ1n) is 10.1. The van der Waals surface area contributed by atoms with Gasteiger partial charge in [0.2, 0.25) is 0 Å². The molecule has 31 heavy (non-hydrogen) atoms. The largest absolute Gasteiger partial charge is 0.380 e. The fraction of sp³-hybridized carbons (Fsp3) is 0.824. The van der Waals surface area contributed by atoms with Gasteiger partial charge in [0.05, 0.1) is 32.6 Å². The van der Waals surface area contributed by atoms with Crippen molar-refractivity contribution in [1.29, 1.82) is 0 Å². The molecule has 0 saturated carbocycles. The Morgan fingerprint density at radius 2 is 2.06 bits per heavy atom. The van der Waals surface area contributed by atoms with Gasteiger partial charge in [-0.05, 0) is 25.8 Å². The van der Waals surface area contributed by atoms with Gasteiger partial charge in [-0.25, -0.2) is 0 Å². The van der Waals surface area contributed by atoms with Gasteiger partial charge in [0, 0.05) is 45.4 Å². The molecular formula is C17H27B3NO8P2. The minimum absolute atomic E-state index is 0.104. The molecule has 0 aliphatic carbocycles. The summed E-state index contributed by atoms with van der Waals surface area (Å²) >= 11 is 0. The fourth-order valence-corrected chi connectivity index (χ4v) is 6.11. The molecule has 9 unspecified atom stereocenters. The van der Waals surface area contributed by atoms with Crippen LogP contribution in [-0.4, -0.2) is 102 Å². The number of ether oxygens (including phenoxy) is 3. The topological polar surface area (TPSA) is 105 Å². The molecule has 1 N–H and O–H groups in total. The summed E-state index contributed by atoms with van der Waals surface area (Å²) in [6, 6.07) is -0.713. The normalized spacial score (nSPS) is 38.2. The first-order chi connectivity index (χ1) is 14.7. The van der Waals surface area contributed by atoms with Crippen LogP contribution in [0.1, 0.15) is 19.8 Å². The van der Waals surface area contributed by atoms with Crippen LogP contribution < -0.4 is 0 Å². The van der Waals surface area contributed by atoms with E-state index in [1.807, 2.05) is 6.66 Å². The van der Waals surface area contributed by atoms with Gasteiger partial charge in [0.25, 0.3) is 0 Å². The molecule has 3 aliphatic heterocycles. The minimum Gasteiger partial charge on any atom is -0.380 e. The van der Waals surface area contributed by atoms with E-state index in [0.29, 0.717) is 25.2 Å². The highest BCUT2D eigenvalue weighted by atomic mass is 31.2. The molecule has 0 bridgehead atoms. The minimum atomic E-state index is -3.94. The molecule has 3 rings (SSSR count). The maximum atomic E-state index is 12.6. The van der Waals surface area contributed by atoms with Gasteiger partial charge in [-0.1, -0.05) is 0 Å². The van der Waals surface area contributed by atoms with E-state index in [4.69, 9.17) is 43.4 Å². The summed E-state index contributed by atoms with van der Waals surface area (Å²) in [5, 5.41) is 0. The predicted octanol–water partition coefficient (Wildman–Crippen LogP) is 1.09. The van der Waals surface area contributed by atoms with Crippen molar-refractivity contribution in [1.82, 2.24) is 0 Å². The Balaban J connectivity index is 1.47. The summed E-state index contributed by atoms with van der Waals surface area (Å²) in [5.74, 6) is 0. The van der Waals surface area contributed by atoms with Crippen LogP contribution in [-0.2, 0) is 32.3 Å². The molecule has 167 valence electrons. The maximum absolute atomic E-state index is 12.6. The van der Waals surface area contributed by atoms with Crippen molar-refractivity contribution in [3.05, 3.63) is 12.3 Å². The van der Waals surface area contributed by atoms with E-state index < -0.39 is 39.8 Å². The van der Waals surface area contributed by atoms with Gasteiger partial charge in [-0.3, -0.25) is 9.56 Å². The van der Waals surface area contributed by atoms with E-state index in [-0.39, 0.29) is 24.8 Å². The molecule has 14 heteroatoms. The first-order valence-corrected chi connectivity index (χ1v) is 13.4. The van der Waals surface area contributed by atoms with Crippen molar-refractivity contribution in [2.45, 2.75) is 61.8 Å². The van der Waals surface area contributed by atoms with Crippen molar-refractivity contribution < 1.29 is 37.2 Å². The number of nitrogens with zero attached hydrogens (tertiary/aromatic N) is 1. The Labute approximate surface area is 188 Å². The molecule has 2 saturated heterocycles. The third-order valence-corrected chi connectivity index (χ3v) is 8.28. The Kier molecular flexibility index (Phi) is 9.43. The third-order valence-electron chi connectivity index (χ3n) is 5.43. The molecule has 3 heterocycles. The summed E-state index contributed by atoms with van der Waals surface area (Å²) in [7, 11) is 9.38. The first kappa shape index (κ1) is 25.6. The van der Waals surface area contributed by atoms with E-state index >= 15 is 0 Å². The standard InChI is InChI=1S/C17H27B3NO8P2/c1-10-15(4-5-21-10)31(22,23)26-9-14-12(6-16(18)27-14)29-30(3)25-8-13-11(24-2)7-17(20-19)28-13/h4-5,11-17H,6-9H2,1-3H3,(H,22,23). The number of hydrogen-bond donors (Lipinski definition) is 1. The summed E-state index contributed by atoms with van der Waals surface area (Å²) < 4.78 is 46.7. The Hall–Kier alpha value is -0.0152. The second-order valence-electron chi connectivity index (χ2n) is 7.66. The highest BCUT2D eigenvalue weighted by molar-refractivity contribution is 7.55. The van der Waals surface area contributed by atoms with Crippen LogP contribution in [0, 0.1) is 0 Å². The van der Waals surface area contributed by atoms with Crippen LogP contribution in [0.3, 0.4) is 0 Å². The van der Waals surface area contributed by atoms with Crippen molar-refractivity contribution in [2.24, 2.45) is 4.99 Å². The van der Waals surface area contributed by atoms with Crippen molar-refractivity contribution in [3.8, 4) is 0 Å². The quantitative estimate of drug-likeness (QED) is 0.356. The molecule has 0 aromatic heterocycles. The molecule has 9 nitrogen and oxygen atoms in total. The molecule has 9 atom stereocenters. The average molecular weight is 468 g/mol. The predicted molar refractivity (Wildman–Crippen MR) is 120 cm³/mol. The van der Waals surface area contributed by atoms with Crippen LogP contribution in [0.15, 0.2) is 17.3 Å². The zero-order chi connectivity index (χ0) is 22.6. The van der Waals surface area contributed by atoms with Crippen LogP contribution in [0.4, 0.5) is 0 Å². The molecule has 0 spiro atoms. The van der Waals surface area contributed by atoms with Crippen molar-refractivity contribution >= 4 is 44.4 Å². The molecule has 0 aromatic rings. The van der Waals surface area contributed by atoms with Crippen LogP contribution in [0.5, 0.6) is 0 Å². The zero-order valence-corrected chi connectivity index (χ0v) is 19.7. The lowest BCUT2D eigenvalue weighted by molar-refractivity contribution is -0.0200. The van der Waals surface area contributed by atoms with Crippen LogP contribution in [0.25, 0.3) is 0 Å². The Morgan fingerprint density at radius 3 is 2.71 bits per heavy atom. The molecular weight excluding hydrogens is 441 g/mol. The van der Waals surface area contributed by atoms with Crippen molar-refractivity contribution in [2.75, 3.05) is 27.0 Å². The molecule has 0 amide bonds.